The second-order valence-corrected chi connectivity index (χ2v) is 4.64. The number of unbranched alkanes of at least 4 members (excludes halogenated alkanes) is 2. The zero-order chi connectivity index (χ0) is 11.8. The Kier molecular flexibility index (Phi) is 6.31. The quantitative estimate of drug-likeness (QED) is 0.639. The SMILES string of the molecule is CCCCCNCCCN1C=CN(C)C1C. The lowest BCUT2D eigenvalue weighted by Gasteiger charge is -2.26. The molecule has 0 fully saturated rings. The highest BCUT2D eigenvalue weighted by Gasteiger charge is 2.17. The fraction of sp³-hybridized carbons (Fsp3) is 0.846. The predicted octanol–water partition coefficient (Wildman–Crippen LogP) is 2.22. The van der Waals surface area contributed by atoms with Gasteiger partial charge in [-0.2, -0.15) is 0 Å². The van der Waals surface area contributed by atoms with E-state index in [2.05, 4.69) is 48.4 Å². The molecule has 1 aliphatic heterocycles. The van der Waals surface area contributed by atoms with Crippen molar-refractivity contribution in [3.8, 4) is 0 Å². The summed E-state index contributed by atoms with van der Waals surface area (Å²) in [5.41, 5.74) is 0. The summed E-state index contributed by atoms with van der Waals surface area (Å²) >= 11 is 0. The van der Waals surface area contributed by atoms with Gasteiger partial charge in [-0.25, -0.2) is 0 Å². The standard InChI is InChI=1S/C13H27N3/c1-4-5-6-8-14-9-7-10-16-12-11-15(3)13(16)2/h11-14H,4-10H2,1-3H3. The average molecular weight is 225 g/mol. The first-order valence-electron chi connectivity index (χ1n) is 6.62. The van der Waals surface area contributed by atoms with Gasteiger partial charge in [0.2, 0.25) is 0 Å². The van der Waals surface area contributed by atoms with Gasteiger partial charge in [-0.1, -0.05) is 19.8 Å². The third-order valence-electron chi connectivity index (χ3n) is 3.29. The van der Waals surface area contributed by atoms with Crippen LogP contribution >= 0.6 is 0 Å². The van der Waals surface area contributed by atoms with Gasteiger partial charge in [0.1, 0.15) is 0 Å². The van der Waals surface area contributed by atoms with Crippen molar-refractivity contribution >= 4 is 0 Å². The molecule has 94 valence electrons. The fourth-order valence-electron chi connectivity index (χ4n) is 1.95. The maximum Gasteiger partial charge on any atom is 0.0974 e. The van der Waals surface area contributed by atoms with Gasteiger partial charge in [0.05, 0.1) is 6.17 Å². The van der Waals surface area contributed by atoms with E-state index in [0.29, 0.717) is 6.17 Å². The van der Waals surface area contributed by atoms with Crippen LogP contribution in [-0.4, -0.2) is 42.6 Å². The smallest absolute Gasteiger partial charge is 0.0974 e. The van der Waals surface area contributed by atoms with Crippen LogP contribution < -0.4 is 5.32 Å². The summed E-state index contributed by atoms with van der Waals surface area (Å²) in [6.07, 6.45) is 10.1. The van der Waals surface area contributed by atoms with E-state index in [4.69, 9.17) is 0 Å². The van der Waals surface area contributed by atoms with Crippen LogP contribution in [0.1, 0.15) is 39.5 Å². The Morgan fingerprint density at radius 1 is 1.12 bits per heavy atom. The molecule has 0 radical (unpaired) electrons. The van der Waals surface area contributed by atoms with E-state index >= 15 is 0 Å². The van der Waals surface area contributed by atoms with Gasteiger partial charge < -0.3 is 15.1 Å². The number of nitrogens with zero attached hydrogens (tertiary/aromatic N) is 2. The minimum Gasteiger partial charge on any atom is -0.359 e. The van der Waals surface area contributed by atoms with Gasteiger partial charge in [-0.15, -0.1) is 0 Å². The largest absolute Gasteiger partial charge is 0.359 e. The number of nitrogens with one attached hydrogen (secondary N) is 1. The Balaban J connectivity index is 1.94. The summed E-state index contributed by atoms with van der Waals surface area (Å²) in [7, 11) is 2.13. The van der Waals surface area contributed by atoms with E-state index in [0.717, 1.165) is 13.1 Å². The van der Waals surface area contributed by atoms with Crippen molar-refractivity contribution in [3.63, 3.8) is 0 Å². The van der Waals surface area contributed by atoms with Crippen molar-refractivity contribution in [2.45, 2.75) is 45.7 Å². The summed E-state index contributed by atoms with van der Waals surface area (Å²) in [4.78, 5) is 4.64. The molecule has 3 nitrogen and oxygen atoms in total. The Bertz CT molecular complexity index is 203. The van der Waals surface area contributed by atoms with Crippen LogP contribution in [0.25, 0.3) is 0 Å². The Morgan fingerprint density at radius 2 is 1.88 bits per heavy atom. The summed E-state index contributed by atoms with van der Waals surface area (Å²) in [5.74, 6) is 0. The number of hydrogen-bond donors (Lipinski definition) is 1. The van der Waals surface area contributed by atoms with Crippen LogP contribution in [0.4, 0.5) is 0 Å². The molecule has 0 aliphatic carbocycles. The molecule has 1 N–H and O–H groups in total. The monoisotopic (exact) mass is 225 g/mol. The third-order valence-corrected chi connectivity index (χ3v) is 3.29. The lowest BCUT2D eigenvalue weighted by molar-refractivity contribution is 0.193. The highest BCUT2D eigenvalue weighted by molar-refractivity contribution is 4.93. The van der Waals surface area contributed by atoms with Crippen molar-refractivity contribution in [3.05, 3.63) is 12.4 Å². The Labute approximate surface area is 100 Å². The molecule has 0 bridgehead atoms. The lowest BCUT2D eigenvalue weighted by Crippen LogP contribution is -2.35. The zero-order valence-electron chi connectivity index (χ0n) is 11.1. The third kappa shape index (κ3) is 4.44. The van der Waals surface area contributed by atoms with Gasteiger partial charge in [-0.05, 0) is 32.9 Å². The van der Waals surface area contributed by atoms with E-state index in [9.17, 15) is 0 Å². The molecule has 0 amide bonds. The number of hydrogen-bond acceptors (Lipinski definition) is 3. The summed E-state index contributed by atoms with van der Waals surface area (Å²) in [6.45, 7) is 7.97. The van der Waals surface area contributed by atoms with Gasteiger partial charge in [0.15, 0.2) is 0 Å². The summed E-state index contributed by atoms with van der Waals surface area (Å²) in [5, 5.41) is 3.51. The highest BCUT2D eigenvalue weighted by atomic mass is 15.4. The molecule has 1 unspecified atom stereocenters. The highest BCUT2D eigenvalue weighted by Crippen LogP contribution is 2.12. The normalized spacial score (nSPS) is 19.8. The average Bonchev–Trinajstić information content (AvgIpc) is 2.59. The second kappa shape index (κ2) is 7.55. The van der Waals surface area contributed by atoms with Crippen LogP contribution in [0.15, 0.2) is 12.4 Å². The van der Waals surface area contributed by atoms with Crippen LogP contribution in [-0.2, 0) is 0 Å². The van der Waals surface area contributed by atoms with Crippen molar-refractivity contribution in [2.24, 2.45) is 0 Å². The lowest BCUT2D eigenvalue weighted by atomic mass is 10.2. The minimum absolute atomic E-state index is 0.528. The van der Waals surface area contributed by atoms with Gasteiger partial charge in [0, 0.05) is 26.0 Å². The van der Waals surface area contributed by atoms with Crippen molar-refractivity contribution in [2.75, 3.05) is 26.7 Å². The predicted molar refractivity (Wildman–Crippen MR) is 70.1 cm³/mol. The van der Waals surface area contributed by atoms with Crippen molar-refractivity contribution in [1.29, 1.82) is 0 Å². The molecule has 1 atom stereocenters. The molecule has 1 aliphatic rings. The first-order valence-corrected chi connectivity index (χ1v) is 6.62. The molecule has 1 heterocycles. The summed E-state index contributed by atoms with van der Waals surface area (Å²) < 4.78 is 0. The minimum atomic E-state index is 0.528. The molecule has 3 heteroatoms. The van der Waals surface area contributed by atoms with E-state index in [1.165, 1.54) is 32.2 Å². The molecule has 16 heavy (non-hydrogen) atoms. The van der Waals surface area contributed by atoms with E-state index < -0.39 is 0 Å². The molecular formula is C13H27N3. The van der Waals surface area contributed by atoms with Crippen LogP contribution in [0.5, 0.6) is 0 Å². The van der Waals surface area contributed by atoms with Gasteiger partial charge >= 0.3 is 0 Å². The maximum atomic E-state index is 3.51. The summed E-state index contributed by atoms with van der Waals surface area (Å²) in [6, 6.07) is 0. The van der Waals surface area contributed by atoms with Gasteiger partial charge in [-0.3, -0.25) is 0 Å². The first-order chi connectivity index (χ1) is 7.75. The van der Waals surface area contributed by atoms with Crippen LogP contribution in [0.2, 0.25) is 0 Å². The topological polar surface area (TPSA) is 18.5 Å². The second-order valence-electron chi connectivity index (χ2n) is 4.64. The fourth-order valence-corrected chi connectivity index (χ4v) is 1.95. The van der Waals surface area contributed by atoms with Crippen molar-refractivity contribution < 1.29 is 0 Å². The maximum absolute atomic E-state index is 3.51. The Morgan fingerprint density at radius 3 is 2.50 bits per heavy atom. The molecule has 0 saturated carbocycles. The van der Waals surface area contributed by atoms with E-state index in [-0.39, 0.29) is 0 Å². The Hall–Kier alpha value is -0.700. The van der Waals surface area contributed by atoms with E-state index in [1.807, 2.05) is 0 Å². The number of rotatable bonds is 8. The zero-order valence-corrected chi connectivity index (χ0v) is 11.1. The molecule has 1 rings (SSSR count). The first kappa shape index (κ1) is 13.4. The van der Waals surface area contributed by atoms with Crippen LogP contribution in [0.3, 0.4) is 0 Å². The molecular weight excluding hydrogens is 198 g/mol. The molecule has 0 aromatic rings. The molecule has 0 aromatic heterocycles. The molecule has 0 saturated heterocycles. The molecule has 0 aromatic carbocycles. The van der Waals surface area contributed by atoms with Gasteiger partial charge in [0.25, 0.3) is 0 Å². The van der Waals surface area contributed by atoms with Crippen molar-refractivity contribution in [1.82, 2.24) is 15.1 Å². The van der Waals surface area contributed by atoms with Crippen LogP contribution in [0, 0.1) is 0 Å². The molecule has 0 spiro atoms. The van der Waals surface area contributed by atoms with E-state index in [1.54, 1.807) is 0 Å².